The van der Waals surface area contributed by atoms with E-state index in [-0.39, 0.29) is 17.5 Å². The van der Waals surface area contributed by atoms with Crippen LogP contribution in [0.3, 0.4) is 0 Å². The topological polar surface area (TPSA) is 41.1 Å². The zero-order valence-electron chi connectivity index (χ0n) is 10.2. The molecule has 0 aliphatic carbocycles. The molecule has 18 heavy (non-hydrogen) atoms. The van der Waals surface area contributed by atoms with E-state index in [0.29, 0.717) is 12.6 Å². The van der Waals surface area contributed by atoms with Gasteiger partial charge in [0.25, 0.3) is 0 Å². The highest BCUT2D eigenvalue weighted by molar-refractivity contribution is 5.93. The second-order valence-corrected chi connectivity index (χ2v) is 4.67. The second-order valence-electron chi connectivity index (χ2n) is 4.67. The number of hydrogen-bond donors (Lipinski definition) is 2. The molecule has 3 nitrogen and oxygen atoms in total. The van der Waals surface area contributed by atoms with E-state index in [1.807, 2.05) is 6.92 Å². The molecule has 1 fully saturated rings. The molecule has 1 aliphatic heterocycles. The molecule has 98 valence electrons. The minimum Gasteiger partial charge on any atom is -0.321 e. The molecule has 5 heteroatoms. The fourth-order valence-electron chi connectivity index (χ4n) is 2.07. The van der Waals surface area contributed by atoms with Crippen molar-refractivity contribution >= 4 is 11.6 Å². The second kappa shape index (κ2) is 5.44. The van der Waals surface area contributed by atoms with Gasteiger partial charge in [0.1, 0.15) is 17.3 Å². The number of nitrogens with one attached hydrogen (secondary N) is 2. The van der Waals surface area contributed by atoms with Gasteiger partial charge in [-0.25, -0.2) is 8.78 Å². The van der Waals surface area contributed by atoms with Crippen molar-refractivity contribution < 1.29 is 13.6 Å². The molecule has 1 heterocycles. The number of anilines is 1. The highest BCUT2D eigenvalue weighted by Crippen LogP contribution is 2.21. The van der Waals surface area contributed by atoms with Crippen molar-refractivity contribution in [3.8, 4) is 0 Å². The Bertz CT molecular complexity index is 422. The van der Waals surface area contributed by atoms with Crippen molar-refractivity contribution in [1.29, 1.82) is 0 Å². The van der Waals surface area contributed by atoms with Crippen LogP contribution in [0.2, 0.25) is 0 Å². The Morgan fingerprint density at radius 1 is 1.33 bits per heavy atom. The van der Waals surface area contributed by atoms with Crippen LogP contribution in [0.25, 0.3) is 0 Å². The first kappa shape index (κ1) is 13.0. The lowest BCUT2D eigenvalue weighted by atomic mass is 9.94. The fraction of sp³-hybridized carbons (Fsp3) is 0.462. The number of para-hydroxylation sites is 1. The number of carbonyl (C=O) groups excluding carboxylic acids is 1. The zero-order chi connectivity index (χ0) is 13.1. The van der Waals surface area contributed by atoms with Gasteiger partial charge in [-0.15, -0.1) is 0 Å². The summed E-state index contributed by atoms with van der Waals surface area (Å²) in [5.74, 6) is -2.07. The highest BCUT2D eigenvalue weighted by atomic mass is 19.1. The molecule has 0 bridgehead atoms. The summed E-state index contributed by atoms with van der Waals surface area (Å²) in [7, 11) is 0. The number of piperidine rings is 1. The Morgan fingerprint density at radius 3 is 2.56 bits per heavy atom. The molecule has 0 radical (unpaired) electrons. The van der Waals surface area contributed by atoms with Crippen LogP contribution in [0.4, 0.5) is 14.5 Å². The predicted octanol–water partition coefficient (Wildman–Crippen LogP) is 2.29. The van der Waals surface area contributed by atoms with Crippen molar-refractivity contribution in [2.45, 2.75) is 25.8 Å². The van der Waals surface area contributed by atoms with Crippen LogP contribution in [0.5, 0.6) is 0 Å². The van der Waals surface area contributed by atoms with Gasteiger partial charge in [-0.3, -0.25) is 4.79 Å². The first-order valence-corrected chi connectivity index (χ1v) is 6.06. The molecule has 1 saturated heterocycles. The molecule has 2 rings (SSSR count). The highest BCUT2D eigenvalue weighted by Gasteiger charge is 2.25. The van der Waals surface area contributed by atoms with Crippen molar-refractivity contribution in [2.24, 2.45) is 5.92 Å². The molecule has 2 unspecified atom stereocenters. The first-order valence-electron chi connectivity index (χ1n) is 6.06. The van der Waals surface area contributed by atoms with E-state index in [2.05, 4.69) is 10.6 Å². The van der Waals surface area contributed by atoms with Gasteiger partial charge in [-0.2, -0.15) is 0 Å². The zero-order valence-corrected chi connectivity index (χ0v) is 10.2. The summed E-state index contributed by atoms with van der Waals surface area (Å²) in [6, 6.07) is 3.91. The summed E-state index contributed by atoms with van der Waals surface area (Å²) in [5, 5.41) is 5.51. The van der Waals surface area contributed by atoms with E-state index < -0.39 is 11.6 Å². The van der Waals surface area contributed by atoms with Gasteiger partial charge < -0.3 is 10.6 Å². The van der Waals surface area contributed by atoms with Crippen LogP contribution < -0.4 is 10.6 Å². The van der Waals surface area contributed by atoms with Crippen molar-refractivity contribution in [3.05, 3.63) is 29.8 Å². The third kappa shape index (κ3) is 2.85. The fourth-order valence-corrected chi connectivity index (χ4v) is 2.07. The number of halogens is 2. The predicted molar refractivity (Wildman–Crippen MR) is 65.2 cm³/mol. The van der Waals surface area contributed by atoms with Crippen LogP contribution in [0.15, 0.2) is 18.2 Å². The molecule has 2 N–H and O–H groups in total. The molecule has 0 spiro atoms. The van der Waals surface area contributed by atoms with Crippen molar-refractivity contribution in [1.82, 2.24) is 5.32 Å². The van der Waals surface area contributed by atoms with Crippen LogP contribution in [-0.2, 0) is 4.79 Å². The molecule has 0 aromatic heterocycles. The van der Waals surface area contributed by atoms with E-state index in [9.17, 15) is 13.6 Å². The Kier molecular flexibility index (Phi) is 3.91. The first-order chi connectivity index (χ1) is 8.58. The van der Waals surface area contributed by atoms with Gasteiger partial charge in [-0.05, 0) is 31.9 Å². The lowest BCUT2D eigenvalue weighted by Crippen LogP contribution is -2.42. The quantitative estimate of drug-likeness (QED) is 0.850. The summed E-state index contributed by atoms with van der Waals surface area (Å²) in [5.41, 5.74) is -0.360. The van der Waals surface area contributed by atoms with Gasteiger partial charge in [0.05, 0.1) is 5.92 Å². The Balaban J connectivity index is 2.03. The van der Waals surface area contributed by atoms with Crippen molar-refractivity contribution in [3.63, 3.8) is 0 Å². The maximum Gasteiger partial charge on any atom is 0.228 e. The van der Waals surface area contributed by atoms with Crippen LogP contribution in [-0.4, -0.2) is 18.5 Å². The Hall–Kier alpha value is -1.49. The van der Waals surface area contributed by atoms with Gasteiger partial charge in [0.2, 0.25) is 5.91 Å². The van der Waals surface area contributed by atoms with E-state index >= 15 is 0 Å². The van der Waals surface area contributed by atoms with Crippen LogP contribution in [0, 0.1) is 17.6 Å². The molecular weight excluding hydrogens is 238 g/mol. The maximum atomic E-state index is 13.4. The lowest BCUT2D eigenvalue weighted by molar-refractivity contribution is -0.120. The number of benzene rings is 1. The van der Waals surface area contributed by atoms with Crippen molar-refractivity contribution in [2.75, 3.05) is 11.9 Å². The smallest absolute Gasteiger partial charge is 0.228 e. The maximum absolute atomic E-state index is 13.4. The monoisotopic (exact) mass is 254 g/mol. The van der Waals surface area contributed by atoms with E-state index in [1.54, 1.807) is 0 Å². The summed E-state index contributed by atoms with van der Waals surface area (Å²) in [6.07, 6.45) is 1.62. The van der Waals surface area contributed by atoms with Gasteiger partial charge >= 0.3 is 0 Å². The number of amides is 1. The van der Waals surface area contributed by atoms with Gasteiger partial charge in [0, 0.05) is 12.6 Å². The third-order valence-corrected chi connectivity index (χ3v) is 3.24. The largest absolute Gasteiger partial charge is 0.321 e. The minimum absolute atomic E-state index is 0.236. The summed E-state index contributed by atoms with van der Waals surface area (Å²) < 4.78 is 26.7. The van der Waals surface area contributed by atoms with Crippen LogP contribution in [0.1, 0.15) is 19.8 Å². The summed E-state index contributed by atoms with van der Waals surface area (Å²) in [6.45, 7) is 2.59. The molecule has 1 amide bonds. The minimum atomic E-state index is -0.750. The Labute approximate surface area is 105 Å². The molecule has 1 aromatic carbocycles. The van der Waals surface area contributed by atoms with Gasteiger partial charge in [0.15, 0.2) is 0 Å². The molecule has 1 aromatic rings. The van der Waals surface area contributed by atoms with Gasteiger partial charge in [-0.1, -0.05) is 6.07 Å². The van der Waals surface area contributed by atoms with E-state index in [0.717, 1.165) is 25.0 Å². The number of rotatable bonds is 2. The number of hydrogen-bond acceptors (Lipinski definition) is 2. The van der Waals surface area contributed by atoms with E-state index in [1.165, 1.54) is 6.07 Å². The third-order valence-electron chi connectivity index (χ3n) is 3.24. The molecule has 2 atom stereocenters. The van der Waals surface area contributed by atoms with E-state index in [4.69, 9.17) is 0 Å². The average Bonchev–Trinajstić information content (AvgIpc) is 2.34. The number of carbonyl (C=O) groups is 1. The SMILES string of the molecule is CC1CCC(C(=O)Nc2c(F)cccc2F)CN1. The molecule has 0 saturated carbocycles. The summed E-state index contributed by atoms with van der Waals surface area (Å²) in [4.78, 5) is 11.9. The summed E-state index contributed by atoms with van der Waals surface area (Å²) >= 11 is 0. The van der Waals surface area contributed by atoms with Crippen LogP contribution >= 0.6 is 0 Å². The molecule has 1 aliphatic rings. The average molecular weight is 254 g/mol. The standard InChI is InChI=1S/C13H16F2N2O/c1-8-5-6-9(7-16-8)13(18)17-12-10(14)3-2-4-11(12)15/h2-4,8-9,16H,5-7H2,1H3,(H,17,18). The normalized spacial score (nSPS) is 23.7. The Morgan fingerprint density at radius 2 is 2.00 bits per heavy atom. The molecular formula is C13H16F2N2O. The lowest BCUT2D eigenvalue weighted by Gasteiger charge is -2.26.